The van der Waals surface area contributed by atoms with Gasteiger partial charge in [0.25, 0.3) is 0 Å². The highest BCUT2D eigenvalue weighted by molar-refractivity contribution is 5.77. The minimum Gasteiger partial charge on any atom is -0.330 e. The van der Waals surface area contributed by atoms with Crippen LogP contribution in [0, 0.1) is 5.82 Å². The lowest BCUT2D eigenvalue weighted by atomic mass is 10.3. The van der Waals surface area contributed by atoms with Crippen LogP contribution in [0.1, 0.15) is 5.82 Å². The number of para-hydroxylation sites is 2. The highest BCUT2D eigenvalue weighted by atomic mass is 19.1. The van der Waals surface area contributed by atoms with Gasteiger partial charge in [-0.1, -0.05) is 12.1 Å². The Morgan fingerprint density at radius 2 is 2.00 bits per heavy atom. The number of nitrogens with two attached hydrogens (primary N) is 1. The first-order valence-electron chi connectivity index (χ1n) is 6.08. The van der Waals surface area contributed by atoms with Gasteiger partial charge in [0.2, 0.25) is 0 Å². The molecule has 0 aliphatic rings. The number of imidazole rings is 1. The average molecular weight is 256 g/mol. The van der Waals surface area contributed by atoms with E-state index in [0.29, 0.717) is 13.0 Å². The predicted octanol–water partition coefficient (Wildman–Crippen LogP) is 2.06. The Kier molecular flexibility index (Phi) is 2.97. The molecule has 0 aliphatic heterocycles. The molecule has 0 saturated carbocycles. The van der Waals surface area contributed by atoms with Crippen molar-refractivity contribution in [1.82, 2.24) is 14.5 Å². The molecule has 0 saturated heterocycles. The molecule has 0 radical (unpaired) electrons. The third-order valence-corrected chi connectivity index (χ3v) is 2.95. The van der Waals surface area contributed by atoms with E-state index >= 15 is 0 Å². The SMILES string of the molecule is NCCc1nc2ccccc2n1-c1ncccc1F. The highest BCUT2D eigenvalue weighted by Gasteiger charge is 2.15. The van der Waals surface area contributed by atoms with Crippen LogP contribution < -0.4 is 5.73 Å². The zero-order valence-corrected chi connectivity index (χ0v) is 10.3. The molecule has 0 aliphatic carbocycles. The minimum absolute atomic E-state index is 0.264. The fraction of sp³-hybridized carbons (Fsp3) is 0.143. The molecule has 3 aromatic rings. The van der Waals surface area contributed by atoms with E-state index in [1.165, 1.54) is 6.07 Å². The lowest BCUT2D eigenvalue weighted by Gasteiger charge is -2.08. The van der Waals surface area contributed by atoms with E-state index in [-0.39, 0.29) is 11.6 Å². The largest absolute Gasteiger partial charge is 0.330 e. The second-order valence-corrected chi connectivity index (χ2v) is 4.20. The monoisotopic (exact) mass is 256 g/mol. The van der Waals surface area contributed by atoms with E-state index in [1.807, 2.05) is 24.3 Å². The summed E-state index contributed by atoms with van der Waals surface area (Å²) >= 11 is 0. The molecule has 0 unspecified atom stereocenters. The smallest absolute Gasteiger partial charge is 0.175 e. The van der Waals surface area contributed by atoms with Gasteiger partial charge in [0.1, 0.15) is 5.82 Å². The van der Waals surface area contributed by atoms with Gasteiger partial charge in [-0.25, -0.2) is 14.4 Å². The number of hydrogen-bond donors (Lipinski definition) is 1. The fourth-order valence-electron chi connectivity index (χ4n) is 2.15. The molecule has 3 rings (SSSR count). The van der Waals surface area contributed by atoms with Crippen molar-refractivity contribution in [2.75, 3.05) is 6.54 Å². The van der Waals surface area contributed by atoms with Gasteiger partial charge in [-0.05, 0) is 30.8 Å². The fourth-order valence-corrected chi connectivity index (χ4v) is 2.15. The number of pyridine rings is 1. The number of halogens is 1. The molecule has 19 heavy (non-hydrogen) atoms. The number of benzene rings is 1. The van der Waals surface area contributed by atoms with Crippen molar-refractivity contribution in [2.24, 2.45) is 5.73 Å². The first-order chi connectivity index (χ1) is 9.31. The van der Waals surface area contributed by atoms with Crippen LogP contribution >= 0.6 is 0 Å². The first kappa shape index (κ1) is 11.8. The molecule has 0 amide bonds. The molecule has 4 nitrogen and oxygen atoms in total. The first-order valence-corrected chi connectivity index (χ1v) is 6.08. The molecule has 96 valence electrons. The van der Waals surface area contributed by atoms with Gasteiger partial charge in [0.05, 0.1) is 11.0 Å². The van der Waals surface area contributed by atoms with Gasteiger partial charge >= 0.3 is 0 Å². The van der Waals surface area contributed by atoms with Crippen LogP contribution in [0.5, 0.6) is 0 Å². The van der Waals surface area contributed by atoms with Crippen LogP contribution in [0.2, 0.25) is 0 Å². The molecule has 0 atom stereocenters. The predicted molar refractivity (Wildman–Crippen MR) is 71.6 cm³/mol. The lowest BCUT2D eigenvalue weighted by molar-refractivity contribution is 0.607. The van der Waals surface area contributed by atoms with Crippen molar-refractivity contribution in [3.63, 3.8) is 0 Å². The third-order valence-electron chi connectivity index (χ3n) is 2.95. The molecule has 0 spiro atoms. The molecule has 5 heteroatoms. The molecule has 2 heterocycles. The number of fused-ring (bicyclic) bond motifs is 1. The van der Waals surface area contributed by atoms with Gasteiger partial charge in [0, 0.05) is 12.6 Å². The summed E-state index contributed by atoms with van der Waals surface area (Å²) in [6, 6.07) is 10.6. The van der Waals surface area contributed by atoms with Gasteiger partial charge in [-0.2, -0.15) is 0 Å². The Hall–Kier alpha value is -2.27. The summed E-state index contributed by atoms with van der Waals surface area (Å²) in [7, 11) is 0. The van der Waals surface area contributed by atoms with Crippen molar-refractivity contribution in [3.05, 3.63) is 54.2 Å². The van der Waals surface area contributed by atoms with Crippen LogP contribution in [0.25, 0.3) is 16.9 Å². The average Bonchev–Trinajstić information content (AvgIpc) is 2.78. The highest BCUT2D eigenvalue weighted by Crippen LogP contribution is 2.21. The minimum atomic E-state index is -0.371. The van der Waals surface area contributed by atoms with E-state index in [1.54, 1.807) is 16.8 Å². The normalized spacial score (nSPS) is 11.1. The maximum atomic E-state index is 14.0. The van der Waals surface area contributed by atoms with Crippen molar-refractivity contribution in [2.45, 2.75) is 6.42 Å². The third kappa shape index (κ3) is 1.98. The van der Waals surface area contributed by atoms with Crippen molar-refractivity contribution >= 4 is 11.0 Å². The van der Waals surface area contributed by atoms with Crippen LogP contribution in [-0.2, 0) is 6.42 Å². The Labute approximate surface area is 109 Å². The molecular weight excluding hydrogens is 243 g/mol. The van der Waals surface area contributed by atoms with E-state index in [2.05, 4.69) is 9.97 Å². The van der Waals surface area contributed by atoms with E-state index in [4.69, 9.17) is 5.73 Å². The number of nitrogens with zero attached hydrogens (tertiary/aromatic N) is 3. The van der Waals surface area contributed by atoms with Gasteiger partial charge in [-0.3, -0.25) is 4.57 Å². The Morgan fingerprint density at radius 3 is 2.79 bits per heavy atom. The topological polar surface area (TPSA) is 56.7 Å². The lowest BCUT2D eigenvalue weighted by Crippen LogP contribution is -2.11. The molecular formula is C14H13FN4. The maximum absolute atomic E-state index is 14.0. The quantitative estimate of drug-likeness (QED) is 0.780. The summed E-state index contributed by atoms with van der Waals surface area (Å²) in [5.74, 6) is 0.616. The van der Waals surface area contributed by atoms with E-state index in [9.17, 15) is 4.39 Å². The van der Waals surface area contributed by atoms with Crippen molar-refractivity contribution < 1.29 is 4.39 Å². The maximum Gasteiger partial charge on any atom is 0.175 e. The molecule has 0 bridgehead atoms. The zero-order chi connectivity index (χ0) is 13.2. The molecule has 1 aromatic carbocycles. The molecule has 0 fully saturated rings. The summed E-state index contributed by atoms with van der Waals surface area (Å²) in [6.45, 7) is 0.456. The van der Waals surface area contributed by atoms with Crippen LogP contribution in [0.15, 0.2) is 42.6 Å². The molecule has 2 aromatic heterocycles. The van der Waals surface area contributed by atoms with E-state index < -0.39 is 0 Å². The summed E-state index contributed by atoms with van der Waals surface area (Å²) < 4.78 is 15.7. The summed E-state index contributed by atoms with van der Waals surface area (Å²) in [5, 5.41) is 0. The standard InChI is InChI=1S/C14H13FN4/c15-10-4-3-9-17-14(10)19-12-6-2-1-5-11(12)18-13(19)7-8-16/h1-6,9H,7-8,16H2. The van der Waals surface area contributed by atoms with Crippen molar-refractivity contribution in [1.29, 1.82) is 0 Å². The number of hydrogen-bond acceptors (Lipinski definition) is 3. The van der Waals surface area contributed by atoms with Crippen LogP contribution in [-0.4, -0.2) is 21.1 Å². The summed E-state index contributed by atoms with van der Waals surface area (Å²) in [5.41, 5.74) is 7.25. The van der Waals surface area contributed by atoms with Crippen LogP contribution in [0.4, 0.5) is 4.39 Å². The van der Waals surface area contributed by atoms with E-state index in [0.717, 1.165) is 16.9 Å². The zero-order valence-electron chi connectivity index (χ0n) is 10.3. The summed E-state index contributed by atoms with van der Waals surface area (Å²) in [4.78, 5) is 8.62. The second-order valence-electron chi connectivity index (χ2n) is 4.20. The van der Waals surface area contributed by atoms with Crippen molar-refractivity contribution in [3.8, 4) is 5.82 Å². The number of rotatable bonds is 3. The Bertz CT molecular complexity index is 720. The van der Waals surface area contributed by atoms with Crippen LogP contribution in [0.3, 0.4) is 0 Å². The second kappa shape index (κ2) is 4.78. The van der Waals surface area contributed by atoms with Gasteiger partial charge in [-0.15, -0.1) is 0 Å². The summed E-state index contributed by atoms with van der Waals surface area (Å²) in [6.07, 6.45) is 2.14. The Morgan fingerprint density at radius 1 is 1.16 bits per heavy atom. The van der Waals surface area contributed by atoms with Gasteiger partial charge < -0.3 is 5.73 Å². The molecule has 2 N–H and O–H groups in total. The number of aromatic nitrogens is 3. The Balaban J connectivity index is 2.31. The van der Waals surface area contributed by atoms with Gasteiger partial charge in [0.15, 0.2) is 11.6 Å².